The van der Waals surface area contributed by atoms with E-state index in [0.717, 1.165) is 6.92 Å². The van der Waals surface area contributed by atoms with Crippen molar-refractivity contribution in [1.82, 2.24) is 0 Å². The summed E-state index contributed by atoms with van der Waals surface area (Å²) in [5.74, 6) is -1.08. The third-order valence-electron chi connectivity index (χ3n) is 0. The number of carbonyl (C=O) groups is 1. The number of carboxylic acids is 1. The molecule has 0 spiro atoms. The van der Waals surface area contributed by atoms with Gasteiger partial charge in [-0.2, -0.15) is 0 Å². The van der Waals surface area contributed by atoms with Gasteiger partial charge in [0.15, 0.2) is 0 Å². The maximum atomic E-state index is 8.89. The molecule has 0 atom stereocenters. The fourth-order valence-corrected chi connectivity index (χ4v) is 0. The first-order chi connectivity index (χ1) is 1.73. The van der Waals surface area contributed by atoms with E-state index >= 15 is 0 Å². The van der Waals surface area contributed by atoms with Crippen molar-refractivity contribution < 1.29 is 15.4 Å². The molecule has 0 aromatic carbocycles. The second kappa shape index (κ2) is 9.19. The van der Waals surface area contributed by atoms with E-state index in [9.17, 15) is 0 Å². The summed E-state index contributed by atoms with van der Waals surface area (Å²) in [5.41, 5.74) is 0. The topological polar surface area (TPSA) is 70.1 Å². The van der Waals surface area contributed by atoms with Gasteiger partial charge >= 0.3 is 37.7 Å². The predicted molar refractivity (Wildman–Crippen MR) is 18.4 cm³/mol. The van der Waals surface area contributed by atoms with Gasteiger partial charge in [0, 0.05) is 5.97 Å². The Hall–Kier alpha value is 0.690. The standard InChI is InChI=1S/C2H4O2.Ca.H2O/c1-2(3)4;;/h1H3,(H,3,4);;1H2/q;+2;/p-2. The van der Waals surface area contributed by atoms with Gasteiger partial charge in [0.2, 0.25) is 0 Å². The van der Waals surface area contributed by atoms with E-state index in [-0.39, 0.29) is 43.2 Å². The van der Waals surface area contributed by atoms with Crippen LogP contribution in [-0.2, 0) is 4.79 Å². The van der Waals surface area contributed by atoms with Gasteiger partial charge in [-0.05, 0) is 6.92 Å². The monoisotopic (exact) mass is 116 g/mol. The largest absolute Gasteiger partial charge is 2.00 e. The minimum absolute atomic E-state index is 0. The van der Waals surface area contributed by atoms with Crippen LogP contribution in [0.3, 0.4) is 0 Å². The molecular formula is C2H4CaO3. The van der Waals surface area contributed by atoms with Crippen LogP contribution in [0, 0.1) is 0 Å². The van der Waals surface area contributed by atoms with Crippen LogP contribution in [0.1, 0.15) is 6.92 Å². The van der Waals surface area contributed by atoms with E-state index in [1.165, 1.54) is 0 Å². The van der Waals surface area contributed by atoms with Gasteiger partial charge in [-0.1, -0.05) is 0 Å². The molecule has 0 unspecified atom stereocenters. The first-order valence-electron chi connectivity index (χ1n) is 0.908. The summed E-state index contributed by atoms with van der Waals surface area (Å²) in [4.78, 5) is 8.89. The number of hydrogen-bond donors (Lipinski definition) is 0. The molecule has 0 radical (unpaired) electrons. The molecule has 0 heterocycles. The summed E-state index contributed by atoms with van der Waals surface area (Å²) >= 11 is 0. The van der Waals surface area contributed by atoms with Gasteiger partial charge in [-0.25, -0.2) is 0 Å². The Morgan fingerprint density at radius 1 is 1.67 bits per heavy atom. The van der Waals surface area contributed by atoms with Crippen molar-refractivity contribution in [3.8, 4) is 0 Å². The molecular weight excluding hydrogens is 112 g/mol. The van der Waals surface area contributed by atoms with Gasteiger partial charge in [-0.3, -0.25) is 0 Å². The SMILES string of the molecule is CC(=O)[O-].[Ca+2].[OH-]. The molecule has 1 N–H and O–H groups in total. The molecule has 0 aliphatic rings. The number of hydrogen-bond acceptors (Lipinski definition) is 3. The normalized spacial score (nSPS) is 4.17. The quantitative estimate of drug-likeness (QED) is 0.350. The average molecular weight is 116 g/mol. The van der Waals surface area contributed by atoms with E-state index in [1.807, 2.05) is 0 Å². The maximum Gasteiger partial charge on any atom is 2.00 e. The third-order valence-corrected chi connectivity index (χ3v) is 0. The minimum atomic E-state index is -1.08. The van der Waals surface area contributed by atoms with Crippen molar-refractivity contribution in [3.05, 3.63) is 0 Å². The van der Waals surface area contributed by atoms with E-state index in [0.29, 0.717) is 0 Å². The summed E-state index contributed by atoms with van der Waals surface area (Å²) in [6.07, 6.45) is 0. The first kappa shape index (κ1) is 15.9. The van der Waals surface area contributed by atoms with E-state index in [2.05, 4.69) is 0 Å². The predicted octanol–water partition coefficient (Wildman–Crippen LogP) is -1.80. The molecule has 3 nitrogen and oxygen atoms in total. The van der Waals surface area contributed by atoms with E-state index in [1.54, 1.807) is 0 Å². The average Bonchev–Trinajstić information content (AvgIpc) is 0.811. The Labute approximate surface area is 65.7 Å². The number of carboxylic acid groups (broad SMARTS) is 1. The molecule has 6 heavy (non-hydrogen) atoms. The van der Waals surface area contributed by atoms with Gasteiger partial charge < -0.3 is 15.4 Å². The molecule has 0 rings (SSSR count). The van der Waals surface area contributed by atoms with Crippen LogP contribution in [-0.4, -0.2) is 49.2 Å². The molecule has 0 aromatic rings. The number of carbonyl (C=O) groups excluding carboxylic acids is 1. The van der Waals surface area contributed by atoms with E-state index in [4.69, 9.17) is 9.90 Å². The first-order valence-corrected chi connectivity index (χ1v) is 0.908. The Morgan fingerprint density at radius 2 is 1.67 bits per heavy atom. The fraction of sp³-hybridized carbons (Fsp3) is 0.500. The van der Waals surface area contributed by atoms with Crippen molar-refractivity contribution in [3.63, 3.8) is 0 Å². The Morgan fingerprint density at radius 3 is 1.67 bits per heavy atom. The van der Waals surface area contributed by atoms with E-state index < -0.39 is 5.97 Å². The molecule has 0 amide bonds. The summed E-state index contributed by atoms with van der Waals surface area (Å²) < 4.78 is 0. The summed E-state index contributed by atoms with van der Waals surface area (Å²) in [6, 6.07) is 0. The minimum Gasteiger partial charge on any atom is -0.870 e. The molecule has 0 bridgehead atoms. The van der Waals surface area contributed by atoms with Crippen molar-refractivity contribution >= 4 is 43.7 Å². The Kier molecular flexibility index (Phi) is 24.4. The zero-order valence-corrected chi connectivity index (χ0v) is 5.68. The van der Waals surface area contributed by atoms with Gasteiger partial charge in [0.1, 0.15) is 0 Å². The van der Waals surface area contributed by atoms with Gasteiger partial charge in [0.05, 0.1) is 0 Å². The van der Waals surface area contributed by atoms with Crippen LogP contribution < -0.4 is 5.11 Å². The van der Waals surface area contributed by atoms with Crippen molar-refractivity contribution in [1.29, 1.82) is 0 Å². The second-order valence-electron chi connectivity index (χ2n) is 0.492. The van der Waals surface area contributed by atoms with Crippen LogP contribution >= 0.6 is 0 Å². The van der Waals surface area contributed by atoms with Crippen LogP contribution in [0.2, 0.25) is 0 Å². The summed E-state index contributed by atoms with van der Waals surface area (Å²) in [5, 5.41) is 8.89. The second-order valence-corrected chi connectivity index (χ2v) is 0.492. The van der Waals surface area contributed by atoms with Crippen LogP contribution in [0.15, 0.2) is 0 Å². The van der Waals surface area contributed by atoms with Crippen LogP contribution in [0.25, 0.3) is 0 Å². The summed E-state index contributed by atoms with van der Waals surface area (Å²) in [6.45, 7) is 0.972. The molecule has 0 fully saturated rings. The van der Waals surface area contributed by atoms with Crippen molar-refractivity contribution in [2.24, 2.45) is 0 Å². The van der Waals surface area contributed by atoms with Gasteiger partial charge in [-0.15, -0.1) is 0 Å². The Bertz CT molecular complexity index is 31.8. The van der Waals surface area contributed by atoms with Crippen LogP contribution in [0.5, 0.6) is 0 Å². The summed E-state index contributed by atoms with van der Waals surface area (Å²) in [7, 11) is 0. The molecule has 4 heteroatoms. The molecule has 0 saturated carbocycles. The Balaban J connectivity index is -0.0000000450. The van der Waals surface area contributed by atoms with Crippen molar-refractivity contribution in [2.45, 2.75) is 6.92 Å². The number of rotatable bonds is 0. The van der Waals surface area contributed by atoms with Gasteiger partial charge in [0.25, 0.3) is 0 Å². The zero-order chi connectivity index (χ0) is 3.58. The fourth-order valence-electron chi connectivity index (χ4n) is 0. The van der Waals surface area contributed by atoms with Crippen LogP contribution in [0.4, 0.5) is 0 Å². The molecule has 32 valence electrons. The molecule has 0 saturated heterocycles. The molecule has 0 aromatic heterocycles. The van der Waals surface area contributed by atoms with Crippen molar-refractivity contribution in [2.75, 3.05) is 0 Å². The zero-order valence-electron chi connectivity index (χ0n) is 3.47. The molecule has 0 aliphatic heterocycles. The molecule has 0 aliphatic carbocycles. The smallest absolute Gasteiger partial charge is 0.870 e. The number of aliphatic carboxylic acids is 1. The third kappa shape index (κ3) is 134. The maximum absolute atomic E-state index is 8.89.